The van der Waals surface area contributed by atoms with E-state index in [0.29, 0.717) is 0 Å². The van der Waals surface area contributed by atoms with Crippen molar-refractivity contribution in [2.75, 3.05) is 0 Å². The van der Waals surface area contributed by atoms with Crippen molar-refractivity contribution in [1.29, 1.82) is 0 Å². The van der Waals surface area contributed by atoms with Crippen LogP contribution in [0.25, 0.3) is 16.3 Å². The van der Waals surface area contributed by atoms with E-state index in [2.05, 4.69) is 80.1 Å². The van der Waals surface area contributed by atoms with Gasteiger partial charge in [0.1, 0.15) is 0 Å². The van der Waals surface area contributed by atoms with E-state index in [4.69, 9.17) is 0 Å². The smallest absolute Gasteiger partial charge is 0.0467 e. The van der Waals surface area contributed by atoms with Crippen molar-refractivity contribution >= 4 is 16.3 Å². The van der Waals surface area contributed by atoms with Gasteiger partial charge in [0.15, 0.2) is 0 Å². The molecule has 0 unspecified atom stereocenters. The molecule has 0 amide bonds. The van der Waals surface area contributed by atoms with Crippen LogP contribution < -0.4 is 0 Å². The lowest BCUT2D eigenvalue weighted by Gasteiger charge is -2.11. The molecule has 4 rings (SSSR count). The second kappa shape index (κ2) is 4.35. The van der Waals surface area contributed by atoms with Crippen molar-refractivity contribution in [3.63, 3.8) is 0 Å². The normalized spacial score (nSPS) is 13.8. The molecule has 0 spiro atoms. The fourth-order valence-electron chi connectivity index (χ4n) is 3.07. The summed E-state index contributed by atoms with van der Waals surface area (Å²) in [5.41, 5.74) is 6.34. The highest BCUT2D eigenvalue weighted by Crippen LogP contribution is 2.40. The Kier molecular flexibility index (Phi) is 2.50. The molecule has 1 aliphatic rings. The summed E-state index contributed by atoms with van der Waals surface area (Å²) in [7, 11) is 0. The summed E-state index contributed by atoms with van der Waals surface area (Å²) < 4.78 is 0. The fourth-order valence-corrected chi connectivity index (χ4v) is 3.07. The standard InChI is InChI=1S/C20H14/c1-14-13-16-8-3-5-11-18(16)20(14)19-12-6-9-15-7-2-4-10-17(15)19/h2-12H,1H3. The van der Waals surface area contributed by atoms with E-state index in [1.54, 1.807) is 0 Å². The maximum atomic E-state index is 3.49. The molecule has 0 atom stereocenters. The number of allylic oxidation sites excluding steroid dienone is 1. The van der Waals surface area contributed by atoms with Crippen molar-refractivity contribution in [3.05, 3.63) is 95.4 Å². The molecule has 1 aliphatic carbocycles. The molecule has 0 heterocycles. The topological polar surface area (TPSA) is 0 Å². The lowest BCUT2D eigenvalue weighted by atomic mass is 9.93. The van der Waals surface area contributed by atoms with Gasteiger partial charge in [0.25, 0.3) is 0 Å². The van der Waals surface area contributed by atoms with Crippen molar-refractivity contribution in [2.24, 2.45) is 0 Å². The SMILES string of the molecule is CC1=C(c2cccc3ccccc23)c2ccccc2[C]1. The molecule has 0 aliphatic heterocycles. The molecule has 0 saturated carbocycles. The van der Waals surface area contributed by atoms with Crippen molar-refractivity contribution < 1.29 is 0 Å². The molecule has 0 bridgehead atoms. The van der Waals surface area contributed by atoms with Gasteiger partial charge in [-0.15, -0.1) is 0 Å². The molecule has 0 aromatic heterocycles. The highest BCUT2D eigenvalue weighted by Gasteiger charge is 2.21. The lowest BCUT2D eigenvalue weighted by molar-refractivity contribution is 1.44. The zero-order valence-corrected chi connectivity index (χ0v) is 11.4. The molecule has 0 heteroatoms. The van der Waals surface area contributed by atoms with Crippen LogP contribution in [0, 0.1) is 6.42 Å². The predicted octanol–water partition coefficient (Wildman–Crippen LogP) is 5.10. The molecule has 0 saturated heterocycles. The number of hydrogen-bond donors (Lipinski definition) is 0. The molecule has 20 heavy (non-hydrogen) atoms. The Labute approximate surface area is 119 Å². The van der Waals surface area contributed by atoms with E-state index in [1.165, 1.54) is 38.6 Å². The third-order valence-electron chi connectivity index (χ3n) is 3.95. The fraction of sp³-hybridized carbons (Fsp3) is 0.0500. The summed E-state index contributed by atoms with van der Waals surface area (Å²) in [6.45, 7) is 2.15. The van der Waals surface area contributed by atoms with Crippen LogP contribution in [0.2, 0.25) is 0 Å². The van der Waals surface area contributed by atoms with E-state index in [9.17, 15) is 0 Å². The second-order valence-electron chi connectivity index (χ2n) is 5.20. The average Bonchev–Trinajstić information content (AvgIpc) is 2.82. The largest absolute Gasteiger partial charge is 0.0619 e. The summed E-state index contributed by atoms with van der Waals surface area (Å²) in [5.74, 6) is 0. The monoisotopic (exact) mass is 254 g/mol. The van der Waals surface area contributed by atoms with Crippen LogP contribution in [0.5, 0.6) is 0 Å². The summed E-state index contributed by atoms with van der Waals surface area (Å²) in [5, 5.41) is 2.59. The summed E-state index contributed by atoms with van der Waals surface area (Å²) in [6, 6.07) is 23.6. The van der Waals surface area contributed by atoms with Crippen molar-refractivity contribution in [2.45, 2.75) is 6.92 Å². The molecule has 2 radical (unpaired) electrons. The van der Waals surface area contributed by atoms with Crippen LogP contribution in [0.1, 0.15) is 23.6 Å². The maximum absolute atomic E-state index is 3.49. The predicted molar refractivity (Wildman–Crippen MR) is 84.4 cm³/mol. The van der Waals surface area contributed by atoms with Gasteiger partial charge in [-0.1, -0.05) is 72.3 Å². The molecule has 0 fully saturated rings. The zero-order chi connectivity index (χ0) is 13.5. The number of fused-ring (bicyclic) bond motifs is 2. The first-order chi connectivity index (χ1) is 9.84. The Balaban J connectivity index is 2.03. The van der Waals surface area contributed by atoms with Crippen molar-refractivity contribution in [3.8, 4) is 0 Å². The number of rotatable bonds is 1. The Morgan fingerprint density at radius 3 is 2.35 bits per heavy atom. The Morgan fingerprint density at radius 1 is 0.700 bits per heavy atom. The molecular formula is C20H14. The minimum Gasteiger partial charge on any atom is -0.0619 e. The van der Waals surface area contributed by atoms with Gasteiger partial charge in [0.2, 0.25) is 0 Å². The minimum absolute atomic E-state index is 1.20. The van der Waals surface area contributed by atoms with Gasteiger partial charge in [-0.2, -0.15) is 0 Å². The van der Waals surface area contributed by atoms with Gasteiger partial charge < -0.3 is 0 Å². The van der Waals surface area contributed by atoms with Crippen LogP contribution >= 0.6 is 0 Å². The third kappa shape index (κ3) is 1.61. The van der Waals surface area contributed by atoms with Gasteiger partial charge in [0, 0.05) is 6.42 Å². The van der Waals surface area contributed by atoms with Crippen molar-refractivity contribution in [1.82, 2.24) is 0 Å². The first kappa shape index (κ1) is 11.5. The van der Waals surface area contributed by atoms with Crippen LogP contribution in [-0.2, 0) is 0 Å². The highest BCUT2D eigenvalue weighted by molar-refractivity contribution is 6.01. The van der Waals surface area contributed by atoms with Gasteiger partial charge in [-0.05, 0) is 40.0 Å². The first-order valence-corrected chi connectivity index (χ1v) is 6.90. The van der Waals surface area contributed by atoms with E-state index >= 15 is 0 Å². The quantitative estimate of drug-likeness (QED) is 0.566. The van der Waals surface area contributed by atoms with Gasteiger partial charge in [-0.25, -0.2) is 0 Å². The maximum Gasteiger partial charge on any atom is 0.0467 e. The molecule has 94 valence electrons. The zero-order valence-electron chi connectivity index (χ0n) is 11.4. The summed E-state index contributed by atoms with van der Waals surface area (Å²) in [4.78, 5) is 0. The molecular weight excluding hydrogens is 240 g/mol. The van der Waals surface area contributed by atoms with Crippen LogP contribution in [0.3, 0.4) is 0 Å². The molecule has 3 aromatic rings. The Bertz CT molecular complexity index is 832. The minimum atomic E-state index is 1.20. The highest BCUT2D eigenvalue weighted by atomic mass is 14.2. The average molecular weight is 254 g/mol. The third-order valence-corrected chi connectivity index (χ3v) is 3.95. The van der Waals surface area contributed by atoms with Gasteiger partial charge in [0.05, 0.1) is 0 Å². The van der Waals surface area contributed by atoms with E-state index in [1.807, 2.05) is 0 Å². The van der Waals surface area contributed by atoms with E-state index in [0.717, 1.165) is 0 Å². The Morgan fingerprint density at radius 2 is 1.40 bits per heavy atom. The number of hydrogen-bond acceptors (Lipinski definition) is 0. The molecule has 0 nitrogen and oxygen atoms in total. The van der Waals surface area contributed by atoms with Crippen LogP contribution in [0.15, 0.2) is 72.3 Å². The van der Waals surface area contributed by atoms with Crippen LogP contribution in [0.4, 0.5) is 0 Å². The summed E-state index contributed by atoms with van der Waals surface area (Å²) >= 11 is 0. The van der Waals surface area contributed by atoms with E-state index in [-0.39, 0.29) is 0 Å². The van der Waals surface area contributed by atoms with E-state index < -0.39 is 0 Å². The van der Waals surface area contributed by atoms with Crippen LogP contribution in [-0.4, -0.2) is 0 Å². The molecule has 0 N–H and O–H groups in total. The Hall–Kier alpha value is -2.34. The van der Waals surface area contributed by atoms with Gasteiger partial charge >= 0.3 is 0 Å². The number of benzene rings is 3. The van der Waals surface area contributed by atoms with Gasteiger partial charge in [-0.3, -0.25) is 0 Å². The second-order valence-corrected chi connectivity index (χ2v) is 5.20. The lowest BCUT2D eigenvalue weighted by Crippen LogP contribution is -1.89. The summed E-state index contributed by atoms with van der Waals surface area (Å²) in [6.07, 6.45) is 3.49. The molecule has 3 aromatic carbocycles. The first-order valence-electron chi connectivity index (χ1n) is 6.90.